The molecule has 0 saturated carbocycles. The zero-order valence-corrected chi connectivity index (χ0v) is 11.2. The fourth-order valence-corrected chi connectivity index (χ4v) is 1.08. The minimum atomic E-state index is -4.20. The van der Waals surface area contributed by atoms with E-state index < -0.39 is 7.82 Å². The summed E-state index contributed by atoms with van der Waals surface area (Å²) in [5.74, 6) is 0. The molecule has 0 amide bonds. The van der Waals surface area contributed by atoms with Gasteiger partial charge in [-0.3, -0.25) is 4.52 Å². The average Bonchev–Trinajstić information content (AvgIpc) is 2.33. The van der Waals surface area contributed by atoms with E-state index in [9.17, 15) is 4.57 Å². The van der Waals surface area contributed by atoms with Crippen molar-refractivity contribution in [3.8, 4) is 0 Å². The molecule has 1 rings (SSSR count). The second kappa shape index (κ2) is 13.4. The summed E-state index contributed by atoms with van der Waals surface area (Å²) in [6.07, 6.45) is 1.56. The Labute approximate surface area is 103 Å². The first-order chi connectivity index (χ1) is 8.06. The Morgan fingerprint density at radius 2 is 1.41 bits per heavy atom. The topological polar surface area (TPSA) is 92.8 Å². The number of hydrogen-bond donors (Lipinski definition) is 3. The van der Waals surface area contributed by atoms with Gasteiger partial charge in [-0.25, -0.2) is 4.57 Å². The zero-order chi connectivity index (χ0) is 13.6. The first-order valence-corrected chi connectivity index (χ1v) is 6.87. The molecule has 0 aliphatic heterocycles. The van der Waals surface area contributed by atoms with Gasteiger partial charge in [0.15, 0.2) is 0 Å². The Balaban J connectivity index is 0. The lowest BCUT2D eigenvalue weighted by Crippen LogP contribution is -1.90. The van der Waals surface area contributed by atoms with E-state index in [-0.39, 0.29) is 6.61 Å². The molecule has 5 nitrogen and oxygen atoms in total. The van der Waals surface area contributed by atoms with Crippen LogP contribution in [0, 0.1) is 0 Å². The van der Waals surface area contributed by atoms with Crippen LogP contribution in [0.25, 0.3) is 0 Å². The molecule has 17 heavy (non-hydrogen) atoms. The van der Waals surface area contributed by atoms with E-state index in [1.807, 2.05) is 43.3 Å². The highest BCUT2D eigenvalue weighted by atomic mass is 31.2. The third-order valence-electron chi connectivity index (χ3n) is 1.42. The van der Waals surface area contributed by atoms with Crippen molar-refractivity contribution in [3.63, 3.8) is 0 Å². The van der Waals surface area contributed by atoms with E-state index in [1.54, 1.807) is 0 Å². The predicted molar refractivity (Wildman–Crippen MR) is 69.5 cm³/mol. The van der Waals surface area contributed by atoms with Crippen molar-refractivity contribution in [3.05, 3.63) is 36.4 Å². The summed E-state index contributed by atoms with van der Waals surface area (Å²) in [6, 6.07) is 12.0. The molecular weight excluding hydrogens is 241 g/mol. The Morgan fingerprint density at radius 3 is 1.65 bits per heavy atom. The standard InChI is InChI=1S/C6H6.C4H11O4P.CH5N/c1-2-4-6-5-3-1;1-2-3-4-8-9(5,6)7;1-2/h1-6H;2-4H2,1H3,(H2,5,6,7);2H2,1H3. The zero-order valence-electron chi connectivity index (χ0n) is 10.3. The van der Waals surface area contributed by atoms with Crippen LogP contribution in [0.2, 0.25) is 0 Å². The molecule has 0 bridgehead atoms. The van der Waals surface area contributed by atoms with Crippen molar-refractivity contribution in [2.24, 2.45) is 5.73 Å². The van der Waals surface area contributed by atoms with Gasteiger partial charge < -0.3 is 15.5 Å². The van der Waals surface area contributed by atoms with Crippen LogP contribution in [0.5, 0.6) is 0 Å². The van der Waals surface area contributed by atoms with Crippen molar-refractivity contribution < 1.29 is 18.9 Å². The highest BCUT2D eigenvalue weighted by Gasteiger charge is 2.11. The van der Waals surface area contributed by atoms with Gasteiger partial charge in [-0.05, 0) is 13.5 Å². The highest BCUT2D eigenvalue weighted by Crippen LogP contribution is 2.35. The van der Waals surface area contributed by atoms with Crippen molar-refractivity contribution in [1.82, 2.24) is 0 Å². The lowest BCUT2D eigenvalue weighted by atomic mass is 10.4. The molecule has 1 aromatic rings. The quantitative estimate of drug-likeness (QED) is 0.571. The van der Waals surface area contributed by atoms with Gasteiger partial charge in [0.25, 0.3) is 0 Å². The monoisotopic (exact) mass is 263 g/mol. The molecule has 0 fully saturated rings. The Kier molecular flexibility index (Phi) is 14.7. The van der Waals surface area contributed by atoms with Crippen molar-refractivity contribution >= 4 is 7.82 Å². The Bertz CT molecular complexity index is 249. The minimum absolute atomic E-state index is 0.140. The number of hydrogen-bond acceptors (Lipinski definition) is 3. The first kappa shape index (κ1) is 18.6. The van der Waals surface area contributed by atoms with Crippen molar-refractivity contribution in [2.75, 3.05) is 13.7 Å². The van der Waals surface area contributed by atoms with Crippen LogP contribution in [-0.4, -0.2) is 23.4 Å². The van der Waals surface area contributed by atoms with Crippen LogP contribution >= 0.6 is 7.82 Å². The molecule has 0 radical (unpaired) electrons. The fraction of sp³-hybridized carbons (Fsp3) is 0.455. The van der Waals surface area contributed by atoms with Gasteiger partial charge in [0.2, 0.25) is 0 Å². The second-order valence-corrected chi connectivity index (χ2v) is 4.07. The van der Waals surface area contributed by atoms with Crippen molar-refractivity contribution in [2.45, 2.75) is 19.8 Å². The SMILES string of the molecule is CCCCOP(=O)(O)O.CN.c1ccccc1. The van der Waals surface area contributed by atoms with Gasteiger partial charge in [0, 0.05) is 0 Å². The number of benzene rings is 1. The maximum Gasteiger partial charge on any atom is 0.469 e. The van der Waals surface area contributed by atoms with E-state index >= 15 is 0 Å². The first-order valence-electron chi connectivity index (χ1n) is 5.34. The Hall–Kier alpha value is -0.710. The maximum atomic E-state index is 9.98. The lowest BCUT2D eigenvalue weighted by Gasteiger charge is -2.02. The molecule has 0 heterocycles. The van der Waals surface area contributed by atoms with E-state index in [0.717, 1.165) is 6.42 Å². The van der Waals surface area contributed by atoms with Gasteiger partial charge in [0.1, 0.15) is 0 Å². The molecule has 100 valence electrons. The van der Waals surface area contributed by atoms with Gasteiger partial charge in [-0.15, -0.1) is 0 Å². The molecule has 1 aromatic carbocycles. The maximum absolute atomic E-state index is 9.98. The van der Waals surface area contributed by atoms with Crippen LogP contribution in [0.4, 0.5) is 0 Å². The third-order valence-corrected chi connectivity index (χ3v) is 1.94. The fourth-order valence-electron chi connectivity index (χ4n) is 0.713. The average molecular weight is 263 g/mol. The van der Waals surface area contributed by atoms with Crippen molar-refractivity contribution in [1.29, 1.82) is 0 Å². The summed E-state index contributed by atoms with van der Waals surface area (Å²) in [5, 5.41) is 0. The van der Waals surface area contributed by atoms with E-state index in [2.05, 4.69) is 10.3 Å². The number of unbranched alkanes of at least 4 members (excludes halogenated alkanes) is 1. The molecule has 0 spiro atoms. The highest BCUT2D eigenvalue weighted by molar-refractivity contribution is 7.46. The van der Waals surface area contributed by atoms with Gasteiger partial charge >= 0.3 is 7.82 Å². The van der Waals surface area contributed by atoms with Gasteiger partial charge in [0.05, 0.1) is 6.61 Å². The normalized spacial score (nSPS) is 9.47. The Morgan fingerprint density at radius 1 is 1.06 bits per heavy atom. The molecule has 0 unspecified atom stereocenters. The predicted octanol–water partition coefficient (Wildman–Crippen LogP) is 2.16. The smallest absolute Gasteiger partial charge is 0.333 e. The largest absolute Gasteiger partial charge is 0.469 e. The number of phosphoric acid groups is 1. The summed E-state index contributed by atoms with van der Waals surface area (Å²) < 4.78 is 14.1. The molecule has 0 atom stereocenters. The van der Waals surface area contributed by atoms with Crippen LogP contribution in [0.3, 0.4) is 0 Å². The summed E-state index contributed by atoms with van der Waals surface area (Å²) >= 11 is 0. The molecule has 0 aliphatic carbocycles. The number of rotatable bonds is 4. The molecular formula is C11H22NO4P. The van der Waals surface area contributed by atoms with Crippen LogP contribution in [0.15, 0.2) is 36.4 Å². The molecule has 0 aliphatic rings. The molecule has 0 aromatic heterocycles. The van der Waals surface area contributed by atoms with Gasteiger partial charge in [-0.1, -0.05) is 49.7 Å². The van der Waals surface area contributed by atoms with E-state index in [4.69, 9.17) is 9.79 Å². The van der Waals surface area contributed by atoms with Crippen LogP contribution in [-0.2, 0) is 9.09 Å². The van der Waals surface area contributed by atoms with E-state index in [1.165, 1.54) is 7.05 Å². The second-order valence-electron chi connectivity index (χ2n) is 2.83. The molecule has 0 saturated heterocycles. The lowest BCUT2D eigenvalue weighted by molar-refractivity contribution is 0.194. The summed E-state index contributed by atoms with van der Waals surface area (Å²) in [4.78, 5) is 16.3. The summed E-state index contributed by atoms with van der Waals surface area (Å²) in [5.41, 5.74) is 4.50. The summed E-state index contributed by atoms with van der Waals surface area (Å²) in [6.45, 7) is 2.06. The molecule has 6 heteroatoms. The third kappa shape index (κ3) is 21.2. The van der Waals surface area contributed by atoms with E-state index in [0.29, 0.717) is 6.42 Å². The summed E-state index contributed by atoms with van der Waals surface area (Å²) in [7, 11) is -2.70. The van der Waals surface area contributed by atoms with Crippen LogP contribution in [0.1, 0.15) is 19.8 Å². The molecule has 4 N–H and O–H groups in total. The van der Waals surface area contributed by atoms with Gasteiger partial charge in [-0.2, -0.15) is 0 Å². The number of nitrogens with two attached hydrogens (primary N) is 1. The minimum Gasteiger partial charge on any atom is -0.333 e. The number of phosphoric ester groups is 1. The van der Waals surface area contributed by atoms with Crippen LogP contribution < -0.4 is 5.73 Å².